The van der Waals surface area contributed by atoms with Crippen molar-refractivity contribution in [2.45, 2.75) is 51.9 Å². The molecular formula is C28H31AuNO2P. The summed E-state index contributed by atoms with van der Waals surface area (Å²) < 4.78 is 0. The Labute approximate surface area is 214 Å². The van der Waals surface area contributed by atoms with Gasteiger partial charge in [0, 0.05) is 11.1 Å². The normalized spacial score (nSPS) is 12.9. The summed E-state index contributed by atoms with van der Waals surface area (Å²) in [6, 6.07) is 26.4. The zero-order chi connectivity index (χ0) is 23.5. The summed E-state index contributed by atoms with van der Waals surface area (Å²) in [5, 5.41) is 5.39. The molecular weight excluding hydrogens is 610 g/mol. The molecule has 2 amide bonds. The number of hydrogen-bond donors (Lipinski definition) is 0. The first kappa shape index (κ1) is 27.2. The van der Waals surface area contributed by atoms with Gasteiger partial charge in [0.15, 0.2) is 0 Å². The number of hydrogen-bond acceptors (Lipinski definition) is 2. The van der Waals surface area contributed by atoms with Crippen LogP contribution in [0.5, 0.6) is 0 Å². The number of carbonyl (C=O) groups is 2. The van der Waals surface area contributed by atoms with Crippen LogP contribution in [0, 0.1) is 0 Å². The fraction of sp³-hybridized carbons (Fsp3) is 0.286. The summed E-state index contributed by atoms with van der Waals surface area (Å²) in [7, 11) is -0.282. The van der Waals surface area contributed by atoms with E-state index in [-0.39, 0.29) is 30.3 Å². The molecule has 0 aromatic heterocycles. The van der Waals surface area contributed by atoms with E-state index in [9.17, 15) is 9.59 Å². The van der Waals surface area contributed by atoms with Crippen LogP contribution in [0.4, 0.5) is 0 Å². The van der Waals surface area contributed by atoms with Crippen LogP contribution in [-0.2, 0) is 22.4 Å². The van der Waals surface area contributed by atoms with Crippen molar-refractivity contribution in [3.8, 4) is 11.1 Å². The molecule has 0 N–H and O–H groups in total. The van der Waals surface area contributed by atoms with Crippen molar-refractivity contribution >= 4 is 25.0 Å². The van der Waals surface area contributed by atoms with Gasteiger partial charge in [0.1, 0.15) is 0 Å². The molecule has 1 aliphatic rings. The molecule has 33 heavy (non-hydrogen) atoms. The molecule has 0 unspecified atom stereocenters. The van der Waals surface area contributed by atoms with E-state index in [0.717, 1.165) is 0 Å². The smallest absolute Gasteiger partial charge is 0.587 e. The average molecular weight is 642 g/mol. The van der Waals surface area contributed by atoms with Gasteiger partial charge in [0.25, 0.3) is 0 Å². The van der Waals surface area contributed by atoms with Crippen LogP contribution in [0.25, 0.3) is 16.4 Å². The first-order valence-corrected chi connectivity index (χ1v) is 12.2. The third kappa shape index (κ3) is 6.52. The van der Waals surface area contributed by atoms with Gasteiger partial charge in [-0.25, -0.2) is 0 Å². The maximum atomic E-state index is 10.9. The summed E-state index contributed by atoms with van der Waals surface area (Å²) in [6.07, 6.45) is 0. The largest absolute Gasteiger partial charge is 1.00 e. The predicted molar refractivity (Wildman–Crippen MR) is 136 cm³/mol. The first-order valence-electron chi connectivity index (χ1n) is 10.8. The Kier molecular flexibility index (Phi) is 9.02. The summed E-state index contributed by atoms with van der Waals surface area (Å²) in [4.78, 5) is 21.8. The Morgan fingerprint density at radius 2 is 0.970 bits per heavy atom. The van der Waals surface area contributed by atoms with E-state index >= 15 is 0 Å². The Morgan fingerprint density at radius 1 is 0.576 bits per heavy atom. The Hall–Kier alpha value is -2.03. The van der Waals surface area contributed by atoms with Gasteiger partial charge in [0.05, 0.1) is 11.8 Å². The van der Waals surface area contributed by atoms with Crippen molar-refractivity contribution in [1.82, 2.24) is 0 Å². The van der Waals surface area contributed by atoms with E-state index in [0.29, 0.717) is 21.4 Å². The van der Waals surface area contributed by atoms with Crippen molar-refractivity contribution in [3.05, 3.63) is 95.3 Å². The van der Waals surface area contributed by atoms with Crippen LogP contribution in [0.15, 0.2) is 78.9 Å². The Morgan fingerprint density at radius 3 is 1.42 bits per heavy atom. The molecule has 1 aliphatic heterocycles. The van der Waals surface area contributed by atoms with Gasteiger partial charge < -0.3 is 14.9 Å². The van der Waals surface area contributed by atoms with E-state index in [1.54, 1.807) is 24.3 Å². The molecule has 0 saturated heterocycles. The molecule has 1 heterocycles. The van der Waals surface area contributed by atoms with E-state index in [1.165, 1.54) is 16.4 Å². The second-order valence-corrected chi connectivity index (χ2v) is 13.7. The fourth-order valence-corrected chi connectivity index (χ4v) is 8.47. The quantitative estimate of drug-likeness (QED) is 0.166. The third-order valence-electron chi connectivity index (χ3n) is 5.16. The van der Waals surface area contributed by atoms with Crippen LogP contribution in [0.2, 0.25) is 0 Å². The molecule has 0 aliphatic carbocycles. The monoisotopic (exact) mass is 641 g/mol. The second kappa shape index (κ2) is 10.9. The minimum absolute atomic E-state index is 0. The molecule has 0 bridgehead atoms. The van der Waals surface area contributed by atoms with E-state index in [2.05, 4.69) is 101 Å². The maximum absolute atomic E-state index is 10.9. The summed E-state index contributed by atoms with van der Waals surface area (Å²) in [6.45, 7) is 14.3. The predicted octanol–water partition coefficient (Wildman–Crippen LogP) is 7.41. The van der Waals surface area contributed by atoms with E-state index in [4.69, 9.17) is 0 Å². The van der Waals surface area contributed by atoms with Crippen molar-refractivity contribution in [2.24, 2.45) is 0 Å². The molecule has 0 saturated carbocycles. The van der Waals surface area contributed by atoms with Crippen molar-refractivity contribution in [1.29, 1.82) is 0 Å². The number of nitrogens with zero attached hydrogens (tertiary/aromatic N) is 1. The minimum atomic E-state index is -0.425. The number of benzene rings is 3. The first-order chi connectivity index (χ1) is 15.0. The molecule has 5 heteroatoms. The van der Waals surface area contributed by atoms with Gasteiger partial charge in [-0.1, -0.05) is 128 Å². The van der Waals surface area contributed by atoms with Gasteiger partial charge >= 0.3 is 22.4 Å². The third-order valence-corrected chi connectivity index (χ3v) is 8.72. The van der Waals surface area contributed by atoms with Gasteiger partial charge in [-0.2, -0.15) is 0 Å². The van der Waals surface area contributed by atoms with Crippen LogP contribution in [0.1, 0.15) is 62.3 Å². The molecule has 0 spiro atoms. The molecule has 4 rings (SSSR count). The summed E-state index contributed by atoms with van der Waals surface area (Å²) in [5.74, 6) is -0.851. The molecule has 0 fully saturated rings. The summed E-state index contributed by atoms with van der Waals surface area (Å²) in [5.41, 5.74) is 3.55. The van der Waals surface area contributed by atoms with E-state index < -0.39 is 11.8 Å². The molecule has 176 valence electrons. The molecule has 0 radical (unpaired) electrons. The van der Waals surface area contributed by atoms with Gasteiger partial charge in [0.2, 0.25) is 0 Å². The van der Waals surface area contributed by atoms with Crippen LogP contribution in [0.3, 0.4) is 0 Å². The Balaban J connectivity index is 0.000000270. The van der Waals surface area contributed by atoms with Gasteiger partial charge in [-0.3, -0.25) is 0 Å². The number of rotatable bonds is 2. The number of fused-ring (bicyclic) bond motifs is 1. The summed E-state index contributed by atoms with van der Waals surface area (Å²) >= 11 is 0. The van der Waals surface area contributed by atoms with Gasteiger partial charge in [-0.05, 0) is 26.7 Å². The topological polar surface area (TPSA) is 48.2 Å². The van der Waals surface area contributed by atoms with Crippen molar-refractivity contribution < 1.29 is 32.0 Å². The zero-order valence-corrected chi connectivity index (χ0v) is 23.1. The average Bonchev–Trinajstić information content (AvgIpc) is 3.02. The van der Waals surface area contributed by atoms with Crippen molar-refractivity contribution in [2.75, 3.05) is 0 Å². The standard InChI is InChI=1S/C20H27P.C8H5NO2.Au/c1-19(2,3)21(20(4,5)6)18-15-11-10-14-17(18)16-12-8-7-9-13-16;10-7-5-3-1-2-4-6(5)8(11)9-7;/h7-15H,1-6H3;1-4H,(H,9,10,11);/q;;+1/p-1. The Bertz CT molecular complexity index is 1070. The van der Waals surface area contributed by atoms with Gasteiger partial charge in [-0.15, -0.1) is 0 Å². The maximum Gasteiger partial charge on any atom is 1.00 e. The molecule has 3 nitrogen and oxygen atoms in total. The second-order valence-electron chi connectivity index (χ2n) is 9.83. The molecule has 3 aromatic rings. The van der Waals surface area contributed by atoms with Crippen LogP contribution >= 0.6 is 7.92 Å². The minimum Gasteiger partial charge on any atom is -0.587 e. The molecule has 0 atom stereocenters. The zero-order valence-electron chi connectivity index (χ0n) is 20.0. The number of imide groups is 1. The SMILES string of the molecule is CC(C)(C)P(c1ccccc1-c1ccccc1)C(C)(C)C.O=C1[N-]C(=O)c2ccccc21.[Au+]. The number of amides is 2. The van der Waals surface area contributed by atoms with E-state index in [1.807, 2.05) is 0 Å². The van der Waals surface area contributed by atoms with Crippen LogP contribution in [-0.4, -0.2) is 22.1 Å². The van der Waals surface area contributed by atoms with Crippen molar-refractivity contribution in [3.63, 3.8) is 0 Å². The fourth-order valence-electron chi connectivity index (χ4n) is 4.33. The number of carbonyl (C=O) groups excluding carboxylic acids is 2. The van der Waals surface area contributed by atoms with Crippen LogP contribution < -0.4 is 5.30 Å². The molecule has 3 aromatic carbocycles.